The van der Waals surface area contributed by atoms with Crippen molar-refractivity contribution in [3.05, 3.63) is 94.0 Å². The lowest BCUT2D eigenvalue weighted by Gasteiger charge is -2.38. The number of anilines is 1. The molecule has 1 saturated heterocycles. The third-order valence-electron chi connectivity index (χ3n) is 8.54. The number of hydrogen-bond acceptors (Lipinski definition) is 6. The molecule has 3 aromatic rings. The quantitative estimate of drug-likeness (QED) is 0.347. The number of nitrogens with zero attached hydrogens (tertiary/aromatic N) is 1. The fourth-order valence-corrected chi connectivity index (χ4v) is 7.07. The second-order valence-corrected chi connectivity index (χ2v) is 12.0. The van der Waals surface area contributed by atoms with Crippen molar-refractivity contribution in [2.75, 3.05) is 19.1 Å². The van der Waals surface area contributed by atoms with E-state index in [-0.39, 0.29) is 17.3 Å². The summed E-state index contributed by atoms with van der Waals surface area (Å²) in [5.74, 6) is -0.670. The van der Waals surface area contributed by atoms with Gasteiger partial charge in [0.05, 0.1) is 26.3 Å². The molecular weight excluding hydrogens is 526 g/mol. The van der Waals surface area contributed by atoms with Crippen molar-refractivity contribution < 1.29 is 23.9 Å². The number of Topliss-reactive ketones (excluding diaryl/α,β-unsaturated/α-hetero) is 3. The second-order valence-electron chi connectivity index (χ2n) is 11.6. The number of para-hydroxylation sites is 1. The summed E-state index contributed by atoms with van der Waals surface area (Å²) in [5.41, 5.74) is 0.507. The van der Waals surface area contributed by atoms with Crippen molar-refractivity contribution >= 4 is 40.7 Å². The predicted octanol–water partition coefficient (Wildman–Crippen LogP) is 6.41. The van der Waals surface area contributed by atoms with Gasteiger partial charge in [-0.2, -0.15) is 0 Å². The highest BCUT2D eigenvalue weighted by Crippen LogP contribution is 2.62. The van der Waals surface area contributed by atoms with Crippen molar-refractivity contribution in [3.8, 4) is 11.5 Å². The summed E-state index contributed by atoms with van der Waals surface area (Å²) in [5, 5.41) is 0.556. The first-order chi connectivity index (χ1) is 19.1. The van der Waals surface area contributed by atoms with Crippen LogP contribution in [0.2, 0.25) is 5.02 Å². The van der Waals surface area contributed by atoms with Crippen LogP contribution in [0.4, 0.5) is 5.69 Å². The summed E-state index contributed by atoms with van der Waals surface area (Å²) in [6, 6.07) is 16.2. The maximum atomic E-state index is 14.7. The Kier molecular flexibility index (Phi) is 5.97. The lowest BCUT2D eigenvalue weighted by atomic mass is 9.63. The number of ether oxygens (including phenoxy) is 2. The lowest BCUT2D eigenvalue weighted by Crippen LogP contribution is -2.49. The summed E-state index contributed by atoms with van der Waals surface area (Å²) < 4.78 is 11.5. The van der Waals surface area contributed by atoms with E-state index in [1.807, 2.05) is 56.0 Å². The van der Waals surface area contributed by atoms with Crippen LogP contribution in [-0.4, -0.2) is 43.7 Å². The number of hydrogen-bond donors (Lipinski definition) is 0. The summed E-state index contributed by atoms with van der Waals surface area (Å²) in [4.78, 5) is 46.0. The zero-order chi connectivity index (χ0) is 28.6. The maximum absolute atomic E-state index is 14.7. The minimum Gasteiger partial charge on any atom is -0.493 e. The van der Waals surface area contributed by atoms with Crippen LogP contribution in [0.25, 0.3) is 6.08 Å². The summed E-state index contributed by atoms with van der Waals surface area (Å²) in [6.07, 6.45) is 3.79. The van der Waals surface area contributed by atoms with Gasteiger partial charge in [-0.15, -0.1) is 0 Å². The molecule has 1 fully saturated rings. The fourth-order valence-electron chi connectivity index (χ4n) is 6.89. The Hall–Kier alpha value is -3.90. The summed E-state index contributed by atoms with van der Waals surface area (Å²) in [6.45, 7) is 5.60. The molecule has 40 heavy (non-hydrogen) atoms. The number of rotatable bonds is 4. The van der Waals surface area contributed by atoms with Crippen LogP contribution in [0.5, 0.6) is 11.5 Å². The average Bonchev–Trinajstić information content (AvgIpc) is 3.37. The minimum atomic E-state index is -1.61. The molecule has 6 nitrogen and oxygen atoms in total. The van der Waals surface area contributed by atoms with Gasteiger partial charge in [-0.25, -0.2) is 0 Å². The fraction of sp³-hybridized carbons (Fsp3) is 0.303. The number of benzene rings is 3. The van der Waals surface area contributed by atoms with E-state index in [2.05, 4.69) is 0 Å². The molecule has 0 amide bonds. The first kappa shape index (κ1) is 26.3. The molecular formula is C33H30ClNO5. The lowest BCUT2D eigenvalue weighted by molar-refractivity contribution is -0.127. The van der Waals surface area contributed by atoms with Gasteiger partial charge in [0.25, 0.3) is 0 Å². The van der Waals surface area contributed by atoms with E-state index in [4.69, 9.17) is 21.1 Å². The van der Waals surface area contributed by atoms with E-state index < -0.39 is 28.8 Å². The highest BCUT2D eigenvalue weighted by Gasteiger charge is 2.72. The van der Waals surface area contributed by atoms with Gasteiger partial charge in [-0.1, -0.05) is 80.9 Å². The number of carbonyl (C=O) groups is 3. The van der Waals surface area contributed by atoms with Crippen LogP contribution >= 0.6 is 11.6 Å². The van der Waals surface area contributed by atoms with Crippen LogP contribution in [0, 0.1) is 10.8 Å². The first-order valence-corrected chi connectivity index (χ1v) is 13.6. The largest absolute Gasteiger partial charge is 0.493 e. The number of fused-ring (bicyclic) bond motifs is 5. The van der Waals surface area contributed by atoms with E-state index >= 15 is 0 Å². The Morgan fingerprint density at radius 3 is 2.20 bits per heavy atom. The van der Waals surface area contributed by atoms with Gasteiger partial charge in [-0.3, -0.25) is 14.4 Å². The van der Waals surface area contributed by atoms with Crippen molar-refractivity contribution in [1.29, 1.82) is 0 Å². The molecule has 6 rings (SSSR count). The molecule has 2 heterocycles. The van der Waals surface area contributed by atoms with E-state index in [0.717, 1.165) is 11.3 Å². The van der Waals surface area contributed by atoms with E-state index in [1.165, 1.54) is 14.2 Å². The normalized spacial score (nSPS) is 22.2. The van der Waals surface area contributed by atoms with Gasteiger partial charge >= 0.3 is 0 Å². The molecule has 3 atom stereocenters. The molecule has 7 heteroatoms. The monoisotopic (exact) mass is 555 g/mol. The molecule has 0 saturated carbocycles. The molecule has 204 valence electrons. The number of carbonyl (C=O) groups excluding carboxylic acids is 3. The van der Waals surface area contributed by atoms with Crippen LogP contribution in [0.1, 0.15) is 58.5 Å². The number of ketones is 3. The third kappa shape index (κ3) is 3.38. The van der Waals surface area contributed by atoms with Crippen molar-refractivity contribution in [2.45, 2.75) is 38.8 Å². The molecule has 0 radical (unpaired) electrons. The van der Waals surface area contributed by atoms with Crippen LogP contribution in [-0.2, 0) is 4.79 Å². The van der Waals surface area contributed by atoms with Crippen molar-refractivity contribution in [1.82, 2.24) is 0 Å². The molecule has 0 aromatic heterocycles. The number of halogens is 1. The first-order valence-electron chi connectivity index (χ1n) is 13.3. The van der Waals surface area contributed by atoms with Crippen molar-refractivity contribution in [2.24, 2.45) is 10.8 Å². The topological polar surface area (TPSA) is 72.9 Å². The SMILES string of the molecule is COc1cccc([C@@H]2[C@@H](C(=O)C(C)(C)C)N3c4ccc(Cl)cc4C=C[C@@H]3C23C(=O)c2ccccc2C3=O)c1OC. The predicted molar refractivity (Wildman–Crippen MR) is 155 cm³/mol. The Morgan fingerprint density at radius 1 is 0.925 bits per heavy atom. The summed E-state index contributed by atoms with van der Waals surface area (Å²) >= 11 is 6.36. The average molecular weight is 556 g/mol. The Balaban J connectivity index is 1.74. The Morgan fingerprint density at radius 2 is 1.60 bits per heavy atom. The Labute approximate surface area is 238 Å². The van der Waals surface area contributed by atoms with Gasteiger partial charge < -0.3 is 14.4 Å². The third-order valence-corrected chi connectivity index (χ3v) is 8.78. The highest BCUT2D eigenvalue weighted by atomic mass is 35.5. The van der Waals surface area contributed by atoms with Crippen LogP contribution in [0.15, 0.2) is 66.7 Å². The number of methoxy groups -OCH3 is 2. The van der Waals surface area contributed by atoms with Crippen LogP contribution in [0.3, 0.4) is 0 Å². The molecule has 2 aliphatic heterocycles. The van der Waals surface area contributed by atoms with Gasteiger partial charge in [0.2, 0.25) is 0 Å². The Bertz CT molecular complexity index is 1580. The van der Waals surface area contributed by atoms with Crippen molar-refractivity contribution in [3.63, 3.8) is 0 Å². The standard InChI is InChI=1S/C33H30ClNO5/c1-32(2,3)31(38)27-26(22-11-8-12-24(39-4)28(22)40-5)33(29(36)20-9-6-7-10-21(20)30(33)37)25-16-13-18-17-19(34)14-15-23(18)35(25)27/h6-17,25-27H,1-5H3/t25-,26-,27+/m1/s1. The van der Waals surface area contributed by atoms with Crippen LogP contribution < -0.4 is 14.4 Å². The molecule has 0 N–H and O–H groups in total. The molecule has 3 aliphatic rings. The van der Waals surface area contributed by atoms with E-state index in [1.54, 1.807) is 42.5 Å². The second kappa shape index (κ2) is 9.07. The van der Waals surface area contributed by atoms with Gasteiger partial charge in [0.15, 0.2) is 28.8 Å². The smallest absolute Gasteiger partial charge is 0.180 e. The molecule has 0 unspecified atom stereocenters. The minimum absolute atomic E-state index is 0.0861. The maximum Gasteiger partial charge on any atom is 0.180 e. The van der Waals surface area contributed by atoms with E-state index in [9.17, 15) is 14.4 Å². The summed E-state index contributed by atoms with van der Waals surface area (Å²) in [7, 11) is 3.07. The molecule has 0 bridgehead atoms. The zero-order valence-corrected chi connectivity index (χ0v) is 23.8. The molecule has 1 spiro atoms. The van der Waals surface area contributed by atoms with Gasteiger partial charge in [0.1, 0.15) is 5.41 Å². The molecule has 3 aromatic carbocycles. The van der Waals surface area contributed by atoms with Gasteiger partial charge in [0, 0.05) is 38.7 Å². The highest BCUT2D eigenvalue weighted by molar-refractivity contribution is 6.32. The van der Waals surface area contributed by atoms with E-state index in [0.29, 0.717) is 33.2 Å². The van der Waals surface area contributed by atoms with Gasteiger partial charge in [-0.05, 0) is 29.8 Å². The zero-order valence-electron chi connectivity index (χ0n) is 23.0. The molecule has 1 aliphatic carbocycles.